The number of hydrogen-bond acceptors (Lipinski definition) is 9. The summed E-state index contributed by atoms with van der Waals surface area (Å²) in [4.78, 5) is 39.5. The lowest BCUT2D eigenvalue weighted by atomic mass is 10.1. The molecule has 3 aromatic rings. The largest absolute Gasteiger partial charge is 0.483 e. The molecule has 13 heteroatoms. The van der Waals surface area contributed by atoms with Crippen molar-refractivity contribution in [2.75, 3.05) is 32.3 Å². The quantitative estimate of drug-likeness (QED) is 0.209. The number of carbonyl (C=O) groups excluding carboxylic acids is 3. The lowest BCUT2D eigenvalue weighted by Gasteiger charge is -2.15. The van der Waals surface area contributed by atoms with E-state index in [0.717, 1.165) is 23.1 Å². The van der Waals surface area contributed by atoms with Gasteiger partial charge >= 0.3 is 5.97 Å². The standard InChI is InChI=1S/C25H28FN5O5S2/c1-7-12-31-21(15(3)36-17-10-8-16(26)9-11-17)28-29-25(31)37-13-18(32)27-22-19(24(34)35-6)14(2)20(38-22)23(33)30(4)5/h7-11,15H,1,12-13H2,2-6H3,(H,27,32). The Morgan fingerprint density at radius 1 is 1.26 bits per heavy atom. The molecule has 1 aromatic carbocycles. The molecule has 0 bridgehead atoms. The van der Waals surface area contributed by atoms with E-state index in [4.69, 9.17) is 9.47 Å². The van der Waals surface area contributed by atoms with Gasteiger partial charge in [0.15, 0.2) is 17.1 Å². The minimum Gasteiger partial charge on any atom is -0.483 e. The maximum Gasteiger partial charge on any atom is 0.341 e. The average molecular weight is 562 g/mol. The van der Waals surface area contributed by atoms with Gasteiger partial charge in [-0.05, 0) is 43.7 Å². The number of nitrogens with one attached hydrogen (secondary N) is 1. The zero-order valence-electron chi connectivity index (χ0n) is 21.6. The van der Waals surface area contributed by atoms with Crippen molar-refractivity contribution in [2.45, 2.75) is 31.7 Å². The highest BCUT2D eigenvalue weighted by atomic mass is 32.2. The van der Waals surface area contributed by atoms with Crippen LogP contribution in [-0.2, 0) is 16.1 Å². The number of halogens is 1. The van der Waals surface area contributed by atoms with Gasteiger partial charge in [0.05, 0.1) is 23.3 Å². The van der Waals surface area contributed by atoms with Crippen LogP contribution < -0.4 is 10.1 Å². The zero-order valence-corrected chi connectivity index (χ0v) is 23.2. The summed E-state index contributed by atoms with van der Waals surface area (Å²) in [7, 11) is 4.44. The van der Waals surface area contributed by atoms with Gasteiger partial charge in [0.25, 0.3) is 5.91 Å². The summed E-state index contributed by atoms with van der Waals surface area (Å²) in [6, 6.07) is 5.64. The highest BCUT2D eigenvalue weighted by Crippen LogP contribution is 2.34. The number of aromatic nitrogens is 3. The van der Waals surface area contributed by atoms with Crippen molar-refractivity contribution < 1.29 is 28.2 Å². The first-order chi connectivity index (χ1) is 18.1. The molecule has 0 radical (unpaired) electrons. The second-order valence-electron chi connectivity index (χ2n) is 8.24. The molecule has 0 saturated heterocycles. The van der Waals surface area contributed by atoms with E-state index in [0.29, 0.717) is 33.7 Å². The molecule has 1 unspecified atom stereocenters. The summed E-state index contributed by atoms with van der Waals surface area (Å²) >= 11 is 2.16. The number of allylic oxidation sites excluding steroid dienone is 1. The van der Waals surface area contributed by atoms with Gasteiger partial charge in [-0.2, -0.15) is 0 Å². The molecule has 0 aliphatic carbocycles. The molecule has 10 nitrogen and oxygen atoms in total. The second-order valence-corrected chi connectivity index (χ2v) is 10.2. The third-order valence-electron chi connectivity index (χ3n) is 5.27. The predicted octanol–water partition coefficient (Wildman–Crippen LogP) is 4.33. The number of nitrogens with zero attached hydrogens (tertiary/aromatic N) is 4. The number of methoxy groups -OCH3 is 1. The number of carbonyl (C=O) groups is 3. The number of anilines is 1. The minimum absolute atomic E-state index is 0.0446. The van der Waals surface area contributed by atoms with E-state index >= 15 is 0 Å². The van der Waals surface area contributed by atoms with E-state index in [1.54, 1.807) is 38.6 Å². The number of amides is 2. The smallest absolute Gasteiger partial charge is 0.341 e. The van der Waals surface area contributed by atoms with E-state index in [-0.39, 0.29) is 28.0 Å². The molecule has 3 rings (SSSR count). The van der Waals surface area contributed by atoms with Crippen molar-refractivity contribution in [2.24, 2.45) is 0 Å². The van der Waals surface area contributed by atoms with Gasteiger partial charge in [0, 0.05) is 20.6 Å². The highest BCUT2D eigenvalue weighted by molar-refractivity contribution is 7.99. The number of ether oxygens (including phenoxy) is 2. The molecule has 2 heterocycles. The van der Waals surface area contributed by atoms with E-state index < -0.39 is 18.0 Å². The Bertz CT molecular complexity index is 1340. The van der Waals surface area contributed by atoms with Gasteiger partial charge in [-0.15, -0.1) is 28.1 Å². The van der Waals surface area contributed by atoms with Crippen LogP contribution in [0.3, 0.4) is 0 Å². The second kappa shape index (κ2) is 12.7. The Kier molecular flexibility index (Phi) is 9.64. The molecule has 1 atom stereocenters. The first-order valence-electron chi connectivity index (χ1n) is 11.4. The van der Waals surface area contributed by atoms with Crippen LogP contribution in [0.15, 0.2) is 42.1 Å². The molecule has 1 N–H and O–H groups in total. The van der Waals surface area contributed by atoms with E-state index in [9.17, 15) is 18.8 Å². The summed E-state index contributed by atoms with van der Waals surface area (Å²) < 4.78 is 25.7. The monoisotopic (exact) mass is 561 g/mol. The molecule has 0 spiro atoms. The molecule has 2 amide bonds. The summed E-state index contributed by atoms with van der Waals surface area (Å²) in [6.45, 7) is 7.57. The summed E-state index contributed by atoms with van der Waals surface area (Å²) in [5.74, 6) is -0.771. The number of benzene rings is 1. The van der Waals surface area contributed by atoms with Crippen LogP contribution in [0, 0.1) is 12.7 Å². The molecular formula is C25H28FN5O5S2. The zero-order chi connectivity index (χ0) is 28.0. The van der Waals surface area contributed by atoms with Crippen LogP contribution in [0.1, 0.15) is 44.4 Å². The van der Waals surface area contributed by atoms with Crippen molar-refractivity contribution in [3.05, 3.63) is 64.6 Å². The van der Waals surface area contributed by atoms with Crippen molar-refractivity contribution >= 4 is 45.9 Å². The fourth-order valence-corrected chi connectivity index (χ4v) is 5.41. The van der Waals surface area contributed by atoms with Crippen LogP contribution in [0.5, 0.6) is 5.75 Å². The topological polar surface area (TPSA) is 116 Å². The fraction of sp³-hybridized carbons (Fsp3) is 0.320. The summed E-state index contributed by atoms with van der Waals surface area (Å²) in [5.41, 5.74) is 0.582. The number of hydrogen-bond donors (Lipinski definition) is 1. The van der Waals surface area contributed by atoms with E-state index in [1.807, 2.05) is 0 Å². The van der Waals surface area contributed by atoms with Crippen LogP contribution >= 0.6 is 23.1 Å². The van der Waals surface area contributed by atoms with E-state index in [1.165, 1.54) is 36.3 Å². The van der Waals surface area contributed by atoms with Crippen LogP contribution in [0.25, 0.3) is 0 Å². The summed E-state index contributed by atoms with van der Waals surface area (Å²) in [6.07, 6.45) is 1.16. The Balaban J connectivity index is 1.75. The van der Waals surface area contributed by atoms with Crippen molar-refractivity contribution in [3.8, 4) is 5.75 Å². The third kappa shape index (κ3) is 6.58. The number of rotatable bonds is 11. The SMILES string of the molecule is C=CCn1c(SCC(=O)Nc2sc(C(=O)N(C)C)c(C)c2C(=O)OC)nnc1C(C)Oc1ccc(F)cc1. The van der Waals surface area contributed by atoms with Gasteiger partial charge < -0.3 is 19.7 Å². The average Bonchev–Trinajstić information content (AvgIpc) is 3.43. The molecule has 38 heavy (non-hydrogen) atoms. The van der Waals surface area contributed by atoms with Crippen molar-refractivity contribution in [1.82, 2.24) is 19.7 Å². The Hall–Kier alpha value is -3.71. The van der Waals surface area contributed by atoms with E-state index in [2.05, 4.69) is 22.1 Å². The molecule has 0 aliphatic heterocycles. The highest BCUT2D eigenvalue weighted by Gasteiger charge is 2.27. The molecule has 0 aliphatic rings. The molecule has 0 saturated carbocycles. The number of thiophene rings is 1. The van der Waals surface area contributed by atoms with Gasteiger partial charge in [0.1, 0.15) is 16.6 Å². The Labute approximate surface area is 227 Å². The Morgan fingerprint density at radius 2 is 1.95 bits per heavy atom. The lowest BCUT2D eigenvalue weighted by molar-refractivity contribution is -0.113. The van der Waals surface area contributed by atoms with Crippen LogP contribution in [0.4, 0.5) is 9.39 Å². The van der Waals surface area contributed by atoms with Crippen LogP contribution in [0.2, 0.25) is 0 Å². The number of esters is 1. The van der Waals surface area contributed by atoms with Gasteiger partial charge in [-0.1, -0.05) is 17.8 Å². The maximum absolute atomic E-state index is 13.2. The molecule has 0 fully saturated rings. The van der Waals surface area contributed by atoms with Gasteiger partial charge in [-0.25, -0.2) is 9.18 Å². The number of thioether (sulfide) groups is 1. The molecule has 2 aromatic heterocycles. The summed E-state index contributed by atoms with van der Waals surface area (Å²) in [5, 5.41) is 11.8. The predicted molar refractivity (Wildman–Crippen MR) is 143 cm³/mol. The van der Waals surface area contributed by atoms with Gasteiger partial charge in [-0.3, -0.25) is 14.2 Å². The minimum atomic E-state index is -0.648. The first-order valence-corrected chi connectivity index (χ1v) is 13.2. The van der Waals surface area contributed by atoms with Crippen LogP contribution in [-0.4, -0.2) is 64.4 Å². The van der Waals surface area contributed by atoms with Gasteiger partial charge in [0.2, 0.25) is 5.91 Å². The lowest BCUT2D eigenvalue weighted by Crippen LogP contribution is -2.21. The van der Waals surface area contributed by atoms with Crippen molar-refractivity contribution in [1.29, 1.82) is 0 Å². The fourth-order valence-electron chi connectivity index (χ4n) is 3.43. The molecule has 202 valence electrons. The molecular weight excluding hydrogens is 533 g/mol. The van der Waals surface area contributed by atoms with Crippen molar-refractivity contribution in [3.63, 3.8) is 0 Å². The Morgan fingerprint density at radius 3 is 2.55 bits per heavy atom. The maximum atomic E-state index is 13.2. The first kappa shape index (κ1) is 28.9. The normalized spacial score (nSPS) is 11.5. The third-order valence-corrected chi connectivity index (χ3v) is 7.43.